The van der Waals surface area contributed by atoms with E-state index in [-0.39, 0.29) is 18.0 Å². The molecule has 0 aliphatic carbocycles. The molecule has 1 N–H and O–H groups in total. The van der Waals surface area contributed by atoms with E-state index in [1.807, 2.05) is 6.07 Å². The fourth-order valence-corrected chi connectivity index (χ4v) is 5.26. The van der Waals surface area contributed by atoms with Gasteiger partial charge in [-0.25, -0.2) is 0 Å². The third-order valence-corrected chi connectivity index (χ3v) is 6.64. The summed E-state index contributed by atoms with van der Waals surface area (Å²) in [7, 11) is 1.70. The maximum absolute atomic E-state index is 11.6. The smallest absolute Gasteiger partial charge is 0.307 e. The van der Waals surface area contributed by atoms with Gasteiger partial charge in [0.25, 0.3) is 0 Å². The van der Waals surface area contributed by atoms with Crippen LogP contribution in [0.5, 0.6) is 5.75 Å². The lowest BCUT2D eigenvalue weighted by molar-refractivity contribution is -0.141. The number of hydrogen-bond acceptors (Lipinski definition) is 5. The van der Waals surface area contributed by atoms with Crippen LogP contribution in [0.4, 0.5) is 0 Å². The average Bonchev–Trinajstić information content (AvgIpc) is 3.07. The molecule has 4 heterocycles. The molecule has 3 aliphatic rings. The Hall–Kier alpha value is -2.47. The Labute approximate surface area is 164 Å². The van der Waals surface area contributed by atoms with Crippen molar-refractivity contribution >= 4 is 16.9 Å². The van der Waals surface area contributed by atoms with Gasteiger partial charge in [0.15, 0.2) is 0 Å². The number of allylic oxidation sites excluding steroid dienone is 1. The summed E-state index contributed by atoms with van der Waals surface area (Å²) in [6.45, 7) is 5.56. The minimum atomic E-state index is -0.285. The summed E-state index contributed by atoms with van der Waals surface area (Å²) in [5, 5.41) is 1.29. The molecule has 6 heteroatoms. The molecule has 0 radical (unpaired) electrons. The topological polar surface area (TPSA) is 63.8 Å². The number of carbonyl (C=O) groups is 1. The van der Waals surface area contributed by atoms with Gasteiger partial charge in [-0.3, -0.25) is 9.69 Å². The van der Waals surface area contributed by atoms with Crippen LogP contribution < -0.4 is 4.74 Å². The number of piperidine rings is 1. The summed E-state index contributed by atoms with van der Waals surface area (Å²) in [4.78, 5) is 17.8. The molecule has 3 aliphatic heterocycles. The lowest BCUT2D eigenvalue weighted by Gasteiger charge is -2.49. The van der Waals surface area contributed by atoms with Gasteiger partial charge in [-0.2, -0.15) is 0 Å². The van der Waals surface area contributed by atoms with Crippen LogP contribution in [-0.4, -0.2) is 42.2 Å². The van der Waals surface area contributed by atoms with Crippen LogP contribution in [0.1, 0.15) is 37.6 Å². The highest BCUT2D eigenvalue weighted by Crippen LogP contribution is 2.47. The van der Waals surface area contributed by atoms with E-state index in [0.29, 0.717) is 17.7 Å². The van der Waals surface area contributed by atoms with E-state index in [2.05, 4.69) is 28.9 Å². The number of nitrogens with zero attached hydrogens (tertiary/aromatic N) is 1. The molecule has 0 saturated carbocycles. The van der Waals surface area contributed by atoms with Crippen molar-refractivity contribution in [2.24, 2.45) is 11.8 Å². The van der Waals surface area contributed by atoms with Crippen LogP contribution in [0, 0.1) is 11.8 Å². The largest absolute Gasteiger partial charge is 0.497 e. The number of fused-ring (bicyclic) bond motifs is 6. The van der Waals surface area contributed by atoms with E-state index in [1.165, 1.54) is 23.6 Å². The zero-order valence-electron chi connectivity index (χ0n) is 16.5. The lowest BCUT2D eigenvalue weighted by Crippen LogP contribution is -2.51. The van der Waals surface area contributed by atoms with Crippen molar-refractivity contribution < 1.29 is 19.0 Å². The number of esters is 1. The Morgan fingerprint density at radius 3 is 3.00 bits per heavy atom. The third-order valence-electron chi connectivity index (χ3n) is 6.64. The molecule has 1 saturated heterocycles. The highest BCUT2D eigenvalue weighted by molar-refractivity contribution is 5.86. The van der Waals surface area contributed by atoms with Gasteiger partial charge in [0, 0.05) is 54.5 Å². The van der Waals surface area contributed by atoms with Crippen molar-refractivity contribution in [2.45, 2.75) is 38.8 Å². The van der Waals surface area contributed by atoms with Crippen LogP contribution in [0.15, 0.2) is 30.2 Å². The van der Waals surface area contributed by atoms with Crippen LogP contribution in [0.3, 0.4) is 0 Å². The average molecular weight is 382 g/mol. The van der Waals surface area contributed by atoms with Gasteiger partial charge >= 0.3 is 5.97 Å². The maximum atomic E-state index is 11.6. The fraction of sp³-hybridized carbons (Fsp3) is 0.500. The molecule has 1 fully saturated rings. The van der Waals surface area contributed by atoms with Crippen LogP contribution >= 0.6 is 0 Å². The van der Waals surface area contributed by atoms with E-state index in [0.717, 1.165) is 37.2 Å². The van der Waals surface area contributed by atoms with Crippen molar-refractivity contribution in [1.82, 2.24) is 9.88 Å². The first-order valence-corrected chi connectivity index (χ1v) is 10.0. The molecule has 2 aromatic rings. The first-order chi connectivity index (χ1) is 13.5. The van der Waals surface area contributed by atoms with Crippen molar-refractivity contribution in [3.8, 4) is 5.75 Å². The first kappa shape index (κ1) is 17.6. The SMILES string of the molecule is COc1ccc2c3c([nH]c2c1)C1CC2C(OC(C)=O)=CO[C@H](C)[C@H]2CN1CC3. The van der Waals surface area contributed by atoms with E-state index < -0.39 is 0 Å². The number of carbonyl (C=O) groups excluding carboxylic acids is 1. The molecule has 0 amide bonds. The minimum Gasteiger partial charge on any atom is -0.497 e. The number of rotatable bonds is 2. The fourth-order valence-electron chi connectivity index (χ4n) is 5.26. The van der Waals surface area contributed by atoms with Crippen LogP contribution in [0.25, 0.3) is 10.9 Å². The molecule has 0 spiro atoms. The summed E-state index contributed by atoms with van der Waals surface area (Å²) in [5.74, 6) is 1.79. The van der Waals surface area contributed by atoms with Gasteiger partial charge in [0.2, 0.25) is 0 Å². The van der Waals surface area contributed by atoms with E-state index in [9.17, 15) is 4.79 Å². The number of methoxy groups -OCH3 is 1. The number of nitrogens with one attached hydrogen (secondary N) is 1. The Morgan fingerprint density at radius 2 is 2.21 bits per heavy atom. The summed E-state index contributed by atoms with van der Waals surface area (Å²) >= 11 is 0. The molecule has 6 nitrogen and oxygen atoms in total. The number of aromatic amines is 1. The van der Waals surface area contributed by atoms with E-state index in [1.54, 1.807) is 13.4 Å². The highest BCUT2D eigenvalue weighted by Gasteiger charge is 2.46. The quantitative estimate of drug-likeness (QED) is 0.805. The summed E-state index contributed by atoms with van der Waals surface area (Å²) in [6, 6.07) is 6.56. The number of ether oxygens (including phenoxy) is 3. The molecular weight excluding hydrogens is 356 g/mol. The van der Waals surface area contributed by atoms with Gasteiger partial charge in [-0.15, -0.1) is 0 Å². The maximum Gasteiger partial charge on any atom is 0.307 e. The molecule has 28 heavy (non-hydrogen) atoms. The standard InChI is InChI=1S/C22H26N2O4/c1-12-18-10-24-7-6-16-15-5-4-14(26-3)8-19(15)23-22(16)20(24)9-17(18)21(11-27-12)28-13(2)25/h4-5,8,11-12,17-18,20,23H,6-7,9-10H2,1-3H3/t12-,17?,18-,20?/m1/s1. The van der Waals surface area contributed by atoms with Crippen LogP contribution in [-0.2, 0) is 20.7 Å². The van der Waals surface area contributed by atoms with Gasteiger partial charge in [-0.05, 0) is 37.5 Å². The van der Waals surface area contributed by atoms with Crippen molar-refractivity contribution in [3.63, 3.8) is 0 Å². The molecule has 1 aromatic heterocycles. The zero-order valence-corrected chi connectivity index (χ0v) is 16.5. The number of hydrogen-bond donors (Lipinski definition) is 1. The van der Waals surface area contributed by atoms with E-state index >= 15 is 0 Å². The molecule has 2 unspecified atom stereocenters. The van der Waals surface area contributed by atoms with Crippen molar-refractivity contribution in [1.29, 1.82) is 0 Å². The molecule has 4 atom stereocenters. The molecule has 5 rings (SSSR count). The normalized spacial score (nSPS) is 29.2. The second-order valence-corrected chi connectivity index (χ2v) is 8.15. The van der Waals surface area contributed by atoms with Crippen molar-refractivity contribution in [2.75, 3.05) is 20.2 Å². The summed E-state index contributed by atoms with van der Waals surface area (Å²) in [6.07, 6.45) is 3.74. The van der Waals surface area contributed by atoms with Crippen molar-refractivity contribution in [3.05, 3.63) is 41.5 Å². The molecule has 148 valence electrons. The van der Waals surface area contributed by atoms with Gasteiger partial charge in [-0.1, -0.05) is 0 Å². The second-order valence-electron chi connectivity index (χ2n) is 8.15. The number of aromatic nitrogens is 1. The Bertz CT molecular complexity index is 963. The zero-order chi connectivity index (χ0) is 19.4. The molecule has 0 bridgehead atoms. The van der Waals surface area contributed by atoms with Gasteiger partial charge in [0.1, 0.15) is 17.8 Å². The first-order valence-electron chi connectivity index (χ1n) is 10.0. The predicted molar refractivity (Wildman–Crippen MR) is 105 cm³/mol. The Morgan fingerprint density at radius 1 is 1.36 bits per heavy atom. The Kier molecular flexibility index (Phi) is 4.12. The predicted octanol–water partition coefficient (Wildman–Crippen LogP) is 3.54. The third kappa shape index (κ3) is 2.70. The summed E-state index contributed by atoms with van der Waals surface area (Å²) < 4.78 is 16.7. The van der Waals surface area contributed by atoms with Crippen LogP contribution in [0.2, 0.25) is 0 Å². The highest BCUT2D eigenvalue weighted by atomic mass is 16.6. The van der Waals surface area contributed by atoms with Gasteiger partial charge < -0.3 is 19.2 Å². The lowest BCUT2D eigenvalue weighted by atomic mass is 9.74. The minimum absolute atomic E-state index is 0.124. The van der Waals surface area contributed by atoms with Gasteiger partial charge in [0.05, 0.1) is 19.3 Å². The van der Waals surface area contributed by atoms with E-state index in [4.69, 9.17) is 14.2 Å². The second kappa shape index (κ2) is 6.55. The number of benzene rings is 1. The molecule has 1 aromatic carbocycles. The Balaban J connectivity index is 1.52. The molecular formula is C22H26N2O4. The summed E-state index contributed by atoms with van der Waals surface area (Å²) in [5.41, 5.74) is 3.84. The monoisotopic (exact) mass is 382 g/mol. The number of H-pyrrole nitrogens is 1.